The molecule has 2 heterocycles. The molecule has 3 rings (SSSR count). The number of pyridine rings is 2. The largest absolute Gasteiger partial charge is 0.457 e. The number of carbonyl (C=O) groups excluding carboxylic acids is 1. The molecule has 0 atom stereocenters. The summed E-state index contributed by atoms with van der Waals surface area (Å²) < 4.78 is 5.67. The molecule has 0 aliphatic heterocycles. The normalized spacial score (nSPS) is 9.93. The van der Waals surface area contributed by atoms with Crippen LogP contribution in [0.25, 0.3) is 0 Å². The smallest absolute Gasteiger partial charge is 0.324 e. The van der Waals surface area contributed by atoms with Crippen LogP contribution in [-0.4, -0.2) is 16.0 Å². The molecule has 0 saturated carbocycles. The van der Waals surface area contributed by atoms with Crippen LogP contribution in [0.2, 0.25) is 0 Å². The molecule has 0 bridgehead atoms. The predicted molar refractivity (Wildman–Crippen MR) is 102 cm³/mol. The number of benzene rings is 1. The van der Waals surface area contributed by atoms with Gasteiger partial charge in [-0.15, -0.1) is 0 Å². The van der Waals surface area contributed by atoms with E-state index < -0.39 is 0 Å². The number of aromatic nitrogens is 2. The Morgan fingerprint density at radius 3 is 2.56 bits per heavy atom. The summed E-state index contributed by atoms with van der Waals surface area (Å²) in [4.78, 5) is 20.1. The third-order valence-electron chi connectivity index (χ3n) is 3.67. The lowest BCUT2D eigenvalue weighted by molar-refractivity contribution is 0.262. The minimum atomic E-state index is -0.378. The zero-order valence-corrected chi connectivity index (χ0v) is 14.6. The van der Waals surface area contributed by atoms with Crippen LogP contribution in [-0.2, 0) is 6.42 Å². The van der Waals surface area contributed by atoms with Crippen molar-refractivity contribution in [1.29, 1.82) is 5.26 Å². The second-order valence-electron chi connectivity index (χ2n) is 5.60. The number of anilines is 2. The Morgan fingerprint density at radius 1 is 1.04 bits per heavy atom. The van der Waals surface area contributed by atoms with Crippen LogP contribution in [0.1, 0.15) is 18.2 Å². The highest BCUT2D eigenvalue weighted by Gasteiger charge is 2.05. The van der Waals surface area contributed by atoms with Crippen molar-refractivity contribution in [3.63, 3.8) is 0 Å². The van der Waals surface area contributed by atoms with Gasteiger partial charge >= 0.3 is 6.03 Å². The molecule has 1 aromatic carbocycles. The highest BCUT2D eigenvalue weighted by Crippen LogP contribution is 2.23. The predicted octanol–water partition coefficient (Wildman–Crippen LogP) is 4.35. The summed E-state index contributed by atoms with van der Waals surface area (Å²) in [5, 5.41) is 14.3. The summed E-state index contributed by atoms with van der Waals surface area (Å²) in [6.45, 7) is 2.04. The van der Waals surface area contributed by atoms with E-state index in [1.54, 1.807) is 42.6 Å². The van der Waals surface area contributed by atoms with E-state index in [4.69, 9.17) is 10.00 Å². The minimum Gasteiger partial charge on any atom is -0.457 e. The van der Waals surface area contributed by atoms with E-state index in [-0.39, 0.29) is 11.7 Å². The molecule has 7 nitrogen and oxygen atoms in total. The van der Waals surface area contributed by atoms with E-state index >= 15 is 0 Å². The Morgan fingerprint density at radius 2 is 1.81 bits per heavy atom. The highest BCUT2D eigenvalue weighted by atomic mass is 16.5. The first-order valence-electron chi connectivity index (χ1n) is 8.33. The summed E-state index contributed by atoms with van der Waals surface area (Å²) in [6.07, 6.45) is 4.04. The number of nitriles is 1. The Bertz CT molecular complexity index is 980. The number of ether oxygens (including phenoxy) is 1. The maximum atomic E-state index is 12.1. The van der Waals surface area contributed by atoms with Gasteiger partial charge in [-0.2, -0.15) is 5.26 Å². The first kappa shape index (κ1) is 17.9. The maximum absolute atomic E-state index is 12.1. The average Bonchev–Trinajstić information content (AvgIpc) is 2.69. The number of nitrogens with zero attached hydrogens (tertiary/aromatic N) is 3. The number of aryl methyl sites for hydroxylation is 1. The lowest BCUT2D eigenvalue weighted by Crippen LogP contribution is -2.20. The van der Waals surface area contributed by atoms with Crippen LogP contribution in [0.15, 0.2) is 60.9 Å². The Hall–Kier alpha value is -3.92. The topological polar surface area (TPSA) is 99.9 Å². The first-order valence-corrected chi connectivity index (χ1v) is 8.33. The van der Waals surface area contributed by atoms with Crippen molar-refractivity contribution in [2.75, 3.05) is 10.6 Å². The molecule has 0 saturated heterocycles. The molecule has 2 amide bonds. The zero-order chi connectivity index (χ0) is 19.1. The van der Waals surface area contributed by atoms with Crippen LogP contribution in [0, 0.1) is 11.3 Å². The van der Waals surface area contributed by atoms with E-state index in [0.717, 1.165) is 12.0 Å². The van der Waals surface area contributed by atoms with Gasteiger partial charge in [0.1, 0.15) is 29.1 Å². The number of hydrogen-bond donors (Lipinski definition) is 2. The molecule has 0 unspecified atom stereocenters. The molecule has 0 radical (unpaired) electrons. The van der Waals surface area contributed by atoms with Gasteiger partial charge < -0.3 is 10.1 Å². The van der Waals surface area contributed by atoms with E-state index in [1.165, 1.54) is 6.20 Å². The van der Waals surface area contributed by atoms with Crippen molar-refractivity contribution >= 4 is 17.5 Å². The van der Waals surface area contributed by atoms with Crippen molar-refractivity contribution in [3.05, 3.63) is 72.2 Å². The number of carbonyl (C=O) groups is 1. The number of rotatable bonds is 5. The molecule has 0 fully saturated rings. The van der Waals surface area contributed by atoms with Crippen LogP contribution < -0.4 is 15.4 Å². The number of nitrogens with one attached hydrogen (secondary N) is 2. The second-order valence-corrected chi connectivity index (χ2v) is 5.60. The molecule has 0 spiro atoms. The fraction of sp³-hybridized carbons (Fsp3) is 0.100. The summed E-state index contributed by atoms with van der Waals surface area (Å²) >= 11 is 0. The number of urea groups is 1. The molecular formula is C20H17N5O2. The van der Waals surface area contributed by atoms with Gasteiger partial charge in [-0.25, -0.2) is 14.8 Å². The summed E-state index contributed by atoms with van der Waals surface area (Å²) in [7, 11) is 0. The van der Waals surface area contributed by atoms with Crippen LogP contribution in [0.4, 0.5) is 16.3 Å². The molecule has 27 heavy (non-hydrogen) atoms. The van der Waals surface area contributed by atoms with Gasteiger partial charge in [-0.3, -0.25) is 5.32 Å². The number of hydrogen-bond acceptors (Lipinski definition) is 5. The maximum Gasteiger partial charge on any atom is 0.324 e. The molecule has 2 aromatic heterocycles. The zero-order valence-electron chi connectivity index (χ0n) is 14.6. The van der Waals surface area contributed by atoms with Crippen LogP contribution >= 0.6 is 0 Å². The molecule has 7 heteroatoms. The molecule has 0 aliphatic rings. The molecule has 2 N–H and O–H groups in total. The third-order valence-corrected chi connectivity index (χ3v) is 3.67. The SMILES string of the molecule is CCc1ccnc(NC(=O)Nc2ccc(Oc3ccnc(C#N)c3)cc2)c1. The van der Waals surface area contributed by atoms with E-state index in [1.807, 2.05) is 25.1 Å². The van der Waals surface area contributed by atoms with Gasteiger partial charge in [-0.05, 0) is 54.4 Å². The summed E-state index contributed by atoms with van der Waals surface area (Å²) in [5.74, 6) is 1.59. The van der Waals surface area contributed by atoms with Crippen LogP contribution in [0.3, 0.4) is 0 Å². The molecule has 3 aromatic rings. The Labute approximate surface area is 156 Å². The Balaban J connectivity index is 1.59. The van der Waals surface area contributed by atoms with Gasteiger partial charge in [0.05, 0.1) is 0 Å². The monoisotopic (exact) mass is 359 g/mol. The van der Waals surface area contributed by atoms with Gasteiger partial charge in [0.2, 0.25) is 0 Å². The van der Waals surface area contributed by atoms with Crippen molar-refractivity contribution in [2.24, 2.45) is 0 Å². The van der Waals surface area contributed by atoms with Gasteiger partial charge in [0.15, 0.2) is 0 Å². The Kier molecular flexibility index (Phi) is 5.60. The van der Waals surface area contributed by atoms with Crippen molar-refractivity contribution in [1.82, 2.24) is 9.97 Å². The summed E-state index contributed by atoms with van der Waals surface area (Å²) in [6, 6.07) is 15.4. The lowest BCUT2D eigenvalue weighted by Gasteiger charge is -2.09. The molecular weight excluding hydrogens is 342 g/mol. The van der Waals surface area contributed by atoms with Gasteiger partial charge in [0.25, 0.3) is 0 Å². The van der Waals surface area contributed by atoms with Crippen LogP contribution in [0.5, 0.6) is 11.5 Å². The van der Waals surface area contributed by atoms with E-state index in [2.05, 4.69) is 20.6 Å². The second kappa shape index (κ2) is 8.45. The minimum absolute atomic E-state index is 0.281. The van der Waals surface area contributed by atoms with E-state index in [0.29, 0.717) is 23.0 Å². The van der Waals surface area contributed by atoms with Gasteiger partial charge in [0, 0.05) is 24.1 Å². The van der Waals surface area contributed by atoms with Gasteiger partial charge in [-0.1, -0.05) is 6.92 Å². The first-order chi connectivity index (χ1) is 13.2. The summed E-state index contributed by atoms with van der Waals surface area (Å²) in [5.41, 5.74) is 1.99. The molecule has 0 aliphatic carbocycles. The lowest BCUT2D eigenvalue weighted by atomic mass is 10.2. The van der Waals surface area contributed by atoms with Crippen molar-refractivity contribution in [2.45, 2.75) is 13.3 Å². The van der Waals surface area contributed by atoms with Crippen molar-refractivity contribution in [3.8, 4) is 17.6 Å². The quantitative estimate of drug-likeness (QED) is 0.705. The fourth-order valence-corrected chi connectivity index (χ4v) is 2.32. The number of amides is 2. The fourth-order valence-electron chi connectivity index (χ4n) is 2.32. The average molecular weight is 359 g/mol. The highest BCUT2D eigenvalue weighted by molar-refractivity contribution is 5.99. The standard InChI is InChI=1S/C20H17N5O2/c1-2-14-7-9-23-19(11-14)25-20(26)24-15-3-5-17(6-4-15)27-18-8-10-22-16(12-18)13-21/h3-12H,2H2,1H3,(H2,23,24,25,26). The van der Waals surface area contributed by atoms with E-state index in [9.17, 15) is 4.79 Å². The molecule has 134 valence electrons. The van der Waals surface area contributed by atoms with Crippen molar-refractivity contribution < 1.29 is 9.53 Å². The third kappa shape index (κ3) is 5.03.